The van der Waals surface area contributed by atoms with E-state index in [-0.39, 0.29) is 17.9 Å². The van der Waals surface area contributed by atoms with Crippen LogP contribution in [0.4, 0.5) is 0 Å². The number of amides is 1. The van der Waals surface area contributed by atoms with Crippen molar-refractivity contribution in [3.05, 3.63) is 71.8 Å². The normalized spacial score (nSPS) is 17.1. The molecule has 1 aliphatic heterocycles. The molecule has 1 atom stereocenters. The van der Waals surface area contributed by atoms with Crippen molar-refractivity contribution >= 4 is 11.9 Å². The Balaban J connectivity index is 1.56. The third-order valence-electron chi connectivity index (χ3n) is 4.60. The smallest absolute Gasteiger partial charge is 0.338 e. The summed E-state index contributed by atoms with van der Waals surface area (Å²) in [5.74, 6) is -0.239. The van der Waals surface area contributed by atoms with Crippen molar-refractivity contribution in [2.24, 2.45) is 0 Å². The van der Waals surface area contributed by atoms with Crippen LogP contribution in [-0.2, 0) is 4.74 Å². The molecule has 25 heavy (non-hydrogen) atoms. The maximum atomic E-state index is 12.7. The van der Waals surface area contributed by atoms with E-state index in [0.717, 1.165) is 31.4 Å². The van der Waals surface area contributed by atoms with E-state index in [9.17, 15) is 9.59 Å². The average molecular weight is 337 g/mol. The zero-order valence-electron chi connectivity index (χ0n) is 14.3. The number of benzene rings is 2. The Bertz CT molecular complexity index is 700. The van der Waals surface area contributed by atoms with E-state index in [1.54, 1.807) is 12.1 Å². The number of ether oxygens (including phenoxy) is 1. The Morgan fingerprint density at radius 3 is 2.24 bits per heavy atom. The lowest BCUT2D eigenvalue weighted by Crippen LogP contribution is -2.44. The van der Waals surface area contributed by atoms with E-state index in [0.29, 0.717) is 18.6 Å². The van der Waals surface area contributed by atoms with Gasteiger partial charge in [0.25, 0.3) is 5.91 Å². The summed E-state index contributed by atoms with van der Waals surface area (Å²) >= 11 is 0. The first-order valence-electron chi connectivity index (χ1n) is 8.84. The summed E-state index contributed by atoms with van der Waals surface area (Å²) < 4.78 is 5.39. The molecule has 1 unspecified atom stereocenters. The molecule has 2 aromatic carbocycles. The van der Waals surface area contributed by atoms with Crippen LogP contribution in [0.2, 0.25) is 0 Å². The van der Waals surface area contributed by atoms with Gasteiger partial charge in [-0.3, -0.25) is 4.79 Å². The second kappa shape index (κ2) is 8.47. The number of nitrogens with zero attached hydrogens (tertiary/aromatic N) is 1. The highest BCUT2D eigenvalue weighted by Crippen LogP contribution is 2.22. The minimum atomic E-state index is -0.308. The van der Waals surface area contributed by atoms with Gasteiger partial charge in [0, 0.05) is 24.6 Å². The Kier molecular flexibility index (Phi) is 5.83. The molecule has 1 fully saturated rings. The van der Waals surface area contributed by atoms with Gasteiger partial charge in [-0.25, -0.2) is 4.79 Å². The number of piperidine rings is 1. The second-order valence-corrected chi connectivity index (χ2v) is 6.30. The highest BCUT2D eigenvalue weighted by molar-refractivity contribution is 5.94. The first-order valence-corrected chi connectivity index (χ1v) is 8.84. The van der Waals surface area contributed by atoms with Crippen molar-refractivity contribution in [3.8, 4) is 0 Å². The first kappa shape index (κ1) is 17.2. The standard InChI is InChI=1S/C21H23NO3/c23-20(17-9-3-1-4-10-17)22-15-8-7-13-19(22)14-16-25-21(24)18-11-5-2-6-12-18/h1-6,9-12,19H,7-8,13-16H2. The van der Waals surface area contributed by atoms with Crippen molar-refractivity contribution in [2.75, 3.05) is 13.2 Å². The van der Waals surface area contributed by atoms with E-state index < -0.39 is 0 Å². The van der Waals surface area contributed by atoms with Crippen LogP contribution < -0.4 is 0 Å². The first-order chi connectivity index (χ1) is 12.3. The van der Waals surface area contributed by atoms with Gasteiger partial charge in [-0.15, -0.1) is 0 Å². The summed E-state index contributed by atoms with van der Waals surface area (Å²) in [5, 5.41) is 0. The van der Waals surface area contributed by atoms with Gasteiger partial charge in [-0.05, 0) is 43.5 Å². The molecule has 1 amide bonds. The molecule has 0 spiro atoms. The molecule has 0 radical (unpaired) electrons. The summed E-state index contributed by atoms with van der Waals surface area (Å²) in [6, 6.07) is 18.5. The molecule has 2 aromatic rings. The van der Waals surface area contributed by atoms with Gasteiger partial charge < -0.3 is 9.64 Å². The minimum Gasteiger partial charge on any atom is -0.462 e. The molecule has 1 aliphatic rings. The highest BCUT2D eigenvalue weighted by atomic mass is 16.5. The van der Waals surface area contributed by atoms with Gasteiger partial charge in [0.1, 0.15) is 0 Å². The predicted octanol–water partition coefficient (Wildman–Crippen LogP) is 3.93. The lowest BCUT2D eigenvalue weighted by Gasteiger charge is -2.35. The zero-order chi connectivity index (χ0) is 17.5. The molecule has 3 rings (SSSR count). The van der Waals surface area contributed by atoms with Gasteiger partial charge in [0.05, 0.1) is 12.2 Å². The monoisotopic (exact) mass is 337 g/mol. The summed E-state index contributed by atoms with van der Waals surface area (Å²) in [5.41, 5.74) is 1.28. The highest BCUT2D eigenvalue weighted by Gasteiger charge is 2.27. The van der Waals surface area contributed by atoms with Crippen molar-refractivity contribution in [2.45, 2.75) is 31.7 Å². The third kappa shape index (κ3) is 4.47. The molecule has 0 bridgehead atoms. The molecule has 4 heteroatoms. The Labute approximate surface area is 148 Å². The number of hydrogen-bond acceptors (Lipinski definition) is 3. The van der Waals surface area contributed by atoms with Crippen LogP contribution in [0.25, 0.3) is 0 Å². The average Bonchev–Trinajstić information content (AvgIpc) is 2.69. The molecule has 1 saturated heterocycles. The van der Waals surface area contributed by atoms with Crippen LogP contribution in [0.5, 0.6) is 0 Å². The number of hydrogen-bond donors (Lipinski definition) is 0. The Hall–Kier alpha value is -2.62. The van der Waals surface area contributed by atoms with Crippen molar-refractivity contribution in [1.29, 1.82) is 0 Å². The fraction of sp³-hybridized carbons (Fsp3) is 0.333. The summed E-state index contributed by atoms with van der Waals surface area (Å²) in [7, 11) is 0. The Morgan fingerprint density at radius 1 is 0.920 bits per heavy atom. The summed E-state index contributed by atoms with van der Waals surface area (Å²) in [4.78, 5) is 26.7. The fourth-order valence-electron chi connectivity index (χ4n) is 3.26. The largest absolute Gasteiger partial charge is 0.462 e. The molecule has 0 aromatic heterocycles. The third-order valence-corrected chi connectivity index (χ3v) is 4.60. The van der Waals surface area contributed by atoms with Crippen LogP contribution in [0, 0.1) is 0 Å². The molecule has 0 saturated carbocycles. The van der Waals surface area contributed by atoms with Crippen LogP contribution in [0.3, 0.4) is 0 Å². The minimum absolute atomic E-state index is 0.0692. The molecular formula is C21H23NO3. The summed E-state index contributed by atoms with van der Waals surface area (Å²) in [6.07, 6.45) is 3.77. The van der Waals surface area contributed by atoms with Gasteiger partial charge in [0.2, 0.25) is 0 Å². The van der Waals surface area contributed by atoms with E-state index in [4.69, 9.17) is 4.74 Å². The summed E-state index contributed by atoms with van der Waals surface area (Å²) in [6.45, 7) is 1.10. The van der Waals surface area contributed by atoms with Crippen molar-refractivity contribution in [1.82, 2.24) is 4.90 Å². The molecule has 4 nitrogen and oxygen atoms in total. The fourth-order valence-corrected chi connectivity index (χ4v) is 3.26. The van der Waals surface area contributed by atoms with Crippen LogP contribution >= 0.6 is 0 Å². The van der Waals surface area contributed by atoms with Crippen LogP contribution in [0.1, 0.15) is 46.4 Å². The predicted molar refractivity (Wildman–Crippen MR) is 96.5 cm³/mol. The quantitative estimate of drug-likeness (QED) is 0.777. The molecule has 0 aliphatic carbocycles. The van der Waals surface area contributed by atoms with E-state index in [1.165, 1.54) is 0 Å². The van der Waals surface area contributed by atoms with Crippen molar-refractivity contribution < 1.29 is 14.3 Å². The maximum absolute atomic E-state index is 12.7. The van der Waals surface area contributed by atoms with Gasteiger partial charge in [-0.2, -0.15) is 0 Å². The zero-order valence-corrected chi connectivity index (χ0v) is 14.3. The lowest BCUT2D eigenvalue weighted by molar-refractivity contribution is 0.0409. The number of likely N-dealkylation sites (tertiary alicyclic amines) is 1. The van der Waals surface area contributed by atoms with E-state index in [1.807, 2.05) is 53.4 Å². The molecule has 130 valence electrons. The molecule has 1 heterocycles. The number of carbonyl (C=O) groups excluding carboxylic acids is 2. The molecular weight excluding hydrogens is 314 g/mol. The van der Waals surface area contributed by atoms with Crippen LogP contribution in [-0.4, -0.2) is 36.0 Å². The van der Waals surface area contributed by atoms with Gasteiger partial charge in [-0.1, -0.05) is 36.4 Å². The van der Waals surface area contributed by atoms with Crippen molar-refractivity contribution in [3.63, 3.8) is 0 Å². The van der Waals surface area contributed by atoms with E-state index >= 15 is 0 Å². The second-order valence-electron chi connectivity index (χ2n) is 6.30. The topological polar surface area (TPSA) is 46.6 Å². The number of rotatable bonds is 5. The SMILES string of the molecule is O=C(OCCC1CCCCN1C(=O)c1ccccc1)c1ccccc1. The maximum Gasteiger partial charge on any atom is 0.338 e. The lowest BCUT2D eigenvalue weighted by atomic mass is 9.98. The van der Waals surface area contributed by atoms with Gasteiger partial charge >= 0.3 is 5.97 Å². The molecule has 0 N–H and O–H groups in total. The van der Waals surface area contributed by atoms with E-state index in [2.05, 4.69) is 0 Å². The number of carbonyl (C=O) groups is 2. The van der Waals surface area contributed by atoms with Crippen LogP contribution in [0.15, 0.2) is 60.7 Å². The van der Waals surface area contributed by atoms with Gasteiger partial charge in [0.15, 0.2) is 0 Å². The number of esters is 1. The Morgan fingerprint density at radius 2 is 1.56 bits per heavy atom.